The van der Waals surface area contributed by atoms with Gasteiger partial charge in [-0.3, -0.25) is 4.79 Å². The second-order valence-corrected chi connectivity index (χ2v) is 18.3. The Bertz CT molecular complexity index is 840. The van der Waals surface area contributed by atoms with Crippen LogP contribution in [-0.2, 0) is 4.79 Å². The van der Waals surface area contributed by atoms with Crippen LogP contribution in [0.3, 0.4) is 0 Å². The van der Waals surface area contributed by atoms with Crippen LogP contribution in [0.15, 0.2) is 24.3 Å². The highest BCUT2D eigenvalue weighted by molar-refractivity contribution is 5.76. The van der Waals surface area contributed by atoms with Crippen LogP contribution < -0.4 is 5.32 Å². The highest BCUT2D eigenvalue weighted by Crippen LogP contribution is 2.18. The van der Waals surface area contributed by atoms with Crippen molar-refractivity contribution in [2.24, 2.45) is 0 Å². The Morgan fingerprint density at radius 3 is 1.00 bits per heavy atom. The minimum Gasteiger partial charge on any atom is -0.394 e. The van der Waals surface area contributed by atoms with E-state index in [0.29, 0.717) is 6.42 Å². The Morgan fingerprint density at radius 2 is 0.672 bits per heavy atom. The molecule has 0 saturated heterocycles. The zero-order chi connectivity index (χ0) is 42.1. The molecular weight excluding hydrogens is 711 g/mol. The molecular formula is C54H105NO3. The van der Waals surface area contributed by atoms with Crippen LogP contribution in [0.2, 0.25) is 0 Å². The molecule has 0 saturated carbocycles. The van der Waals surface area contributed by atoms with Crippen molar-refractivity contribution in [2.75, 3.05) is 6.61 Å². The van der Waals surface area contributed by atoms with Gasteiger partial charge in [0.25, 0.3) is 0 Å². The monoisotopic (exact) mass is 816 g/mol. The Hall–Kier alpha value is -1.13. The average molecular weight is 816 g/mol. The molecule has 0 aromatic heterocycles. The van der Waals surface area contributed by atoms with Gasteiger partial charge in [-0.2, -0.15) is 0 Å². The summed E-state index contributed by atoms with van der Waals surface area (Å²) in [5.74, 6) is -0.0707. The van der Waals surface area contributed by atoms with Gasteiger partial charge in [-0.25, -0.2) is 0 Å². The topological polar surface area (TPSA) is 69.6 Å². The van der Waals surface area contributed by atoms with E-state index >= 15 is 0 Å². The molecule has 1 amide bonds. The van der Waals surface area contributed by atoms with Crippen molar-refractivity contribution >= 4 is 5.91 Å². The standard InChI is InChI=1S/C54H105NO3/c1-3-5-7-9-11-13-15-16-17-18-19-20-21-22-23-24-25-26-27-28-29-30-31-32-33-34-35-36-37-38-39-40-42-44-46-48-50-54(58)55-52(51-56)53(57)49-47-45-43-41-14-12-10-8-6-4-2/h14,41,47,49,52-53,56-57H,3-13,15-40,42-46,48,50-51H2,1-2H3,(H,55,58)/b41-14+,49-47+. The van der Waals surface area contributed by atoms with E-state index in [2.05, 4.69) is 31.3 Å². The fraction of sp³-hybridized carbons (Fsp3) is 0.907. The first-order valence-electron chi connectivity index (χ1n) is 26.6. The largest absolute Gasteiger partial charge is 0.394 e. The van der Waals surface area contributed by atoms with Gasteiger partial charge in [0.05, 0.1) is 18.8 Å². The van der Waals surface area contributed by atoms with Crippen LogP contribution in [0.5, 0.6) is 0 Å². The van der Waals surface area contributed by atoms with Gasteiger partial charge < -0.3 is 15.5 Å². The summed E-state index contributed by atoms with van der Waals surface area (Å²) in [6.45, 7) is 4.28. The third-order valence-corrected chi connectivity index (χ3v) is 12.4. The van der Waals surface area contributed by atoms with Crippen molar-refractivity contribution in [3.05, 3.63) is 24.3 Å². The van der Waals surface area contributed by atoms with Crippen molar-refractivity contribution in [3.63, 3.8) is 0 Å². The number of hydrogen-bond acceptors (Lipinski definition) is 3. The van der Waals surface area contributed by atoms with Gasteiger partial charge >= 0.3 is 0 Å². The molecule has 0 rings (SSSR count). The summed E-state index contributed by atoms with van der Waals surface area (Å²) in [4.78, 5) is 12.4. The fourth-order valence-electron chi connectivity index (χ4n) is 8.37. The number of aliphatic hydroxyl groups is 2. The number of nitrogens with one attached hydrogen (secondary N) is 1. The van der Waals surface area contributed by atoms with Crippen LogP contribution in [0.25, 0.3) is 0 Å². The predicted octanol–water partition coefficient (Wildman–Crippen LogP) is 17.1. The maximum absolute atomic E-state index is 12.4. The molecule has 0 heterocycles. The third kappa shape index (κ3) is 45.9. The second-order valence-electron chi connectivity index (χ2n) is 18.3. The normalized spacial score (nSPS) is 13.0. The van der Waals surface area contributed by atoms with Crippen LogP contribution in [0.4, 0.5) is 0 Å². The Balaban J connectivity index is 3.34. The molecule has 0 radical (unpaired) electrons. The molecule has 0 aliphatic carbocycles. The SMILES string of the molecule is CCCCCC/C=C/CC/C=C/C(O)C(CO)NC(=O)CCCCCCCCCCCCCCCCCCCCCCCCCCCCCCCCCCCCCC. The number of carbonyl (C=O) groups is 1. The summed E-state index contributed by atoms with van der Waals surface area (Å²) in [5.41, 5.74) is 0. The average Bonchev–Trinajstić information content (AvgIpc) is 3.23. The van der Waals surface area contributed by atoms with E-state index in [1.54, 1.807) is 6.08 Å². The van der Waals surface area contributed by atoms with E-state index in [1.165, 1.54) is 244 Å². The molecule has 344 valence electrons. The van der Waals surface area contributed by atoms with Crippen molar-refractivity contribution < 1.29 is 15.0 Å². The van der Waals surface area contributed by atoms with E-state index in [0.717, 1.165) is 32.1 Å². The summed E-state index contributed by atoms with van der Waals surface area (Å²) >= 11 is 0. The smallest absolute Gasteiger partial charge is 0.220 e. The third-order valence-electron chi connectivity index (χ3n) is 12.4. The van der Waals surface area contributed by atoms with Gasteiger partial charge in [-0.1, -0.05) is 282 Å². The zero-order valence-electron chi connectivity index (χ0n) is 39.6. The first-order chi connectivity index (χ1) is 28.7. The lowest BCUT2D eigenvalue weighted by atomic mass is 10.0. The van der Waals surface area contributed by atoms with Gasteiger partial charge in [-0.05, 0) is 32.1 Å². The van der Waals surface area contributed by atoms with Gasteiger partial charge in [0.1, 0.15) is 0 Å². The Kier molecular flexibility index (Phi) is 49.2. The summed E-state index contributed by atoms with van der Waals surface area (Å²) in [6, 6.07) is -0.634. The van der Waals surface area contributed by atoms with Crippen LogP contribution in [0.1, 0.15) is 296 Å². The minimum absolute atomic E-state index is 0.0707. The van der Waals surface area contributed by atoms with Crippen LogP contribution in [-0.4, -0.2) is 34.9 Å². The van der Waals surface area contributed by atoms with Crippen molar-refractivity contribution in [1.29, 1.82) is 0 Å². The maximum Gasteiger partial charge on any atom is 0.220 e. The Morgan fingerprint density at radius 1 is 0.397 bits per heavy atom. The first kappa shape index (κ1) is 56.9. The molecule has 0 bridgehead atoms. The van der Waals surface area contributed by atoms with Gasteiger partial charge in [0.2, 0.25) is 5.91 Å². The van der Waals surface area contributed by atoms with Crippen LogP contribution >= 0.6 is 0 Å². The number of allylic oxidation sites excluding steroid dienone is 3. The molecule has 3 N–H and O–H groups in total. The fourth-order valence-corrected chi connectivity index (χ4v) is 8.37. The molecule has 0 aromatic rings. The summed E-state index contributed by atoms with van der Waals surface area (Å²) in [5, 5.41) is 22.9. The highest BCUT2D eigenvalue weighted by Gasteiger charge is 2.18. The van der Waals surface area contributed by atoms with E-state index < -0.39 is 12.1 Å². The van der Waals surface area contributed by atoms with Gasteiger partial charge in [-0.15, -0.1) is 0 Å². The Labute approximate surface area is 364 Å². The molecule has 4 heteroatoms. The molecule has 0 aromatic carbocycles. The van der Waals surface area contributed by atoms with Crippen LogP contribution in [0, 0.1) is 0 Å². The predicted molar refractivity (Wildman–Crippen MR) is 258 cm³/mol. The molecule has 0 aliphatic rings. The number of aliphatic hydroxyl groups excluding tert-OH is 2. The van der Waals surface area contributed by atoms with E-state index in [9.17, 15) is 15.0 Å². The van der Waals surface area contributed by atoms with Crippen molar-refractivity contribution in [2.45, 2.75) is 309 Å². The van der Waals surface area contributed by atoms with E-state index in [-0.39, 0.29) is 12.5 Å². The highest BCUT2D eigenvalue weighted by atomic mass is 16.3. The van der Waals surface area contributed by atoms with E-state index in [4.69, 9.17) is 0 Å². The lowest BCUT2D eigenvalue weighted by molar-refractivity contribution is -0.123. The number of carbonyl (C=O) groups excluding carboxylic acids is 1. The lowest BCUT2D eigenvalue weighted by Gasteiger charge is -2.19. The number of amides is 1. The molecule has 2 atom stereocenters. The summed E-state index contributed by atoms with van der Waals surface area (Å²) < 4.78 is 0. The minimum atomic E-state index is -0.857. The van der Waals surface area contributed by atoms with Crippen molar-refractivity contribution in [3.8, 4) is 0 Å². The first-order valence-corrected chi connectivity index (χ1v) is 26.6. The number of rotatable bonds is 49. The maximum atomic E-state index is 12.4. The molecule has 4 nitrogen and oxygen atoms in total. The molecule has 58 heavy (non-hydrogen) atoms. The molecule has 2 unspecified atom stereocenters. The zero-order valence-corrected chi connectivity index (χ0v) is 39.6. The lowest BCUT2D eigenvalue weighted by Crippen LogP contribution is -2.45. The number of hydrogen-bond donors (Lipinski definition) is 3. The second kappa shape index (κ2) is 50.2. The quantitative estimate of drug-likeness (QED) is 0.0423. The summed E-state index contributed by atoms with van der Waals surface area (Å²) in [7, 11) is 0. The molecule has 0 spiro atoms. The molecule has 0 aliphatic heterocycles. The van der Waals surface area contributed by atoms with Gasteiger partial charge in [0, 0.05) is 6.42 Å². The van der Waals surface area contributed by atoms with Gasteiger partial charge in [0.15, 0.2) is 0 Å². The molecule has 0 fully saturated rings. The van der Waals surface area contributed by atoms with Crippen molar-refractivity contribution in [1.82, 2.24) is 5.32 Å². The van der Waals surface area contributed by atoms with E-state index in [1.807, 2.05) is 6.08 Å². The number of unbranched alkanes of at least 4 members (excludes halogenated alkanes) is 40. The summed E-state index contributed by atoms with van der Waals surface area (Å²) in [6.07, 6.45) is 66.5.